The number of thioether (sulfide) groups is 1. The zero-order valence-corrected chi connectivity index (χ0v) is 22.2. The molecule has 9 heteroatoms. The smallest absolute Gasteiger partial charge is 0.269 e. The Morgan fingerprint density at radius 3 is 2.18 bits per heavy atom. The first-order valence-corrected chi connectivity index (χ1v) is 12.9. The van der Waals surface area contributed by atoms with E-state index < -0.39 is 11.2 Å². The van der Waals surface area contributed by atoms with Gasteiger partial charge in [-0.1, -0.05) is 67.4 Å². The SMILES string of the molecule is N#C/C(C(=O)Nc1ccc(Cl)cc1)=C1/S[C@H](Cc2ccc(Br)cc2)C(=O)N1c1ccc(Br)cc1. The van der Waals surface area contributed by atoms with E-state index in [0.29, 0.717) is 27.8 Å². The molecule has 4 rings (SSSR count). The van der Waals surface area contributed by atoms with Gasteiger partial charge in [-0.3, -0.25) is 14.5 Å². The quantitative estimate of drug-likeness (QED) is 0.249. The zero-order valence-electron chi connectivity index (χ0n) is 17.5. The average Bonchev–Trinajstić information content (AvgIpc) is 3.13. The van der Waals surface area contributed by atoms with E-state index in [2.05, 4.69) is 37.2 Å². The van der Waals surface area contributed by atoms with Gasteiger partial charge in [0.25, 0.3) is 5.91 Å². The summed E-state index contributed by atoms with van der Waals surface area (Å²) in [6.07, 6.45) is 0.463. The van der Waals surface area contributed by atoms with E-state index >= 15 is 0 Å². The van der Waals surface area contributed by atoms with Crippen LogP contribution in [-0.2, 0) is 16.0 Å². The molecule has 1 heterocycles. The molecule has 3 aromatic rings. The van der Waals surface area contributed by atoms with E-state index in [-0.39, 0.29) is 11.5 Å². The molecule has 0 bridgehead atoms. The summed E-state index contributed by atoms with van der Waals surface area (Å²) in [6.45, 7) is 0. The first-order valence-electron chi connectivity index (χ1n) is 10.1. The number of carbonyl (C=O) groups is 2. The molecule has 0 unspecified atom stereocenters. The number of hydrogen-bond donors (Lipinski definition) is 1. The molecule has 3 aromatic carbocycles. The van der Waals surface area contributed by atoms with Gasteiger partial charge in [-0.25, -0.2) is 0 Å². The Bertz CT molecular complexity index is 1300. The van der Waals surface area contributed by atoms with E-state index in [1.807, 2.05) is 42.5 Å². The molecular weight excluding hydrogens is 602 g/mol. The van der Waals surface area contributed by atoms with Crippen LogP contribution in [0.15, 0.2) is 92.3 Å². The largest absolute Gasteiger partial charge is 0.321 e. The standard InChI is InChI=1S/C25H16Br2ClN3O2S/c26-16-3-1-15(2-4-16)13-22-24(33)31(20-11-5-17(27)6-12-20)25(34-22)21(14-29)23(32)30-19-9-7-18(28)8-10-19/h1-12,22H,13H2,(H,30,32)/b25-21-/t22-/m1/s1. The summed E-state index contributed by atoms with van der Waals surface area (Å²) in [6, 6.07) is 23.5. The normalized spacial score (nSPS) is 16.8. The minimum Gasteiger partial charge on any atom is -0.321 e. The summed E-state index contributed by atoms with van der Waals surface area (Å²) < 4.78 is 1.80. The van der Waals surface area contributed by atoms with Crippen LogP contribution in [0.4, 0.5) is 11.4 Å². The first kappa shape index (κ1) is 24.6. The monoisotopic (exact) mass is 615 g/mol. The number of rotatable bonds is 5. The summed E-state index contributed by atoms with van der Waals surface area (Å²) in [4.78, 5) is 28.0. The maximum Gasteiger partial charge on any atom is 0.269 e. The van der Waals surface area contributed by atoms with Crippen LogP contribution in [0.5, 0.6) is 0 Å². The van der Waals surface area contributed by atoms with Crippen LogP contribution in [-0.4, -0.2) is 17.1 Å². The highest BCUT2D eigenvalue weighted by atomic mass is 79.9. The molecule has 1 atom stereocenters. The molecule has 34 heavy (non-hydrogen) atoms. The van der Waals surface area contributed by atoms with Crippen LogP contribution in [0, 0.1) is 11.3 Å². The summed E-state index contributed by atoms with van der Waals surface area (Å²) in [7, 11) is 0. The Morgan fingerprint density at radius 2 is 1.59 bits per heavy atom. The lowest BCUT2D eigenvalue weighted by atomic mass is 10.1. The van der Waals surface area contributed by atoms with Crippen molar-refractivity contribution in [2.45, 2.75) is 11.7 Å². The number of carbonyl (C=O) groups excluding carboxylic acids is 2. The van der Waals surface area contributed by atoms with Crippen molar-refractivity contribution in [3.8, 4) is 6.07 Å². The molecule has 5 nitrogen and oxygen atoms in total. The Balaban J connectivity index is 1.71. The fraction of sp³-hybridized carbons (Fsp3) is 0.0800. The van der Waals surface area contributed by atoms with Crippen molar-refractivity contribution < 1.29 is 9.59 Å². The first-order chi connectivity index (χ1) is 16.4. The summed E-state index contributed by atoms with van der Waals surface area (Å²) in [5.74, 6) is -0.774. The van der Waals surface area contributed by atoms with Gasteiger partial charge < -0.3 is 5.32 Å². The van der Waals surface area contributed by atoms with Gasteiger partial charge in [0, 0.05) is 25.3 Å². The number of nitrogens with zero attached hydrogens (tertiary/aromatic N) is 2. The van der Waals surface area contributed by atoms with Gasteiger partial charge in [0.05, 0.1) is 5.25 Å². The molecule has 170 valence electrons. The number of anilines is 2. The molecule has 2 amide bonds. The fourth-order valence-electron chi connectivity index (χ4n) is 3.37. The van der Waals surface area contributed by atoms with Crippen molar-refractivity contribution >= 4 is 78.4 Å². The summed E-state index contributed by atoms with van der Waals surface area (Å²) >= 11 is 14.0. The van der Waals surface area contributed by atoms with E-state index in [4.69, 9.17) is 11.6 Å². The van der Waals surface area contributed by atoms with Gasteiger partial charge in [-0.05, 0) is 72.6 Å². The highest BCUT2D eigenvalue weighted by Crippen LogP contribution is 2.42. The number of nitrogens with one attached hydrogen (secondary N) is 1. The van der Waals surface area contributed by atoms with Gasteiger partial charge in [-0.2, -0.15) is 5.26 Å². The van der Waals surface area contributed by atoms with E-state index in [1.54, 1.807) is 36.4 Å². The van der Waals surface area contributed by atoms with E-state index in [9.17, 15) is 14.9 Å². The lowest BCUT2D eigenvalue weighted by Gasteiger charge is -2.19. The second-order valence-electron chi connectivity index (χ2n) is 7.34. The second kappa shape index (κ2) is 10.8. The summed E-state index contributed by atoms with van der Waals surface area (Å²) in [5.41, 5.74) is 1.93. The van der Waals surface area contributed by atoms with Crippen molar-refractivity contribution in [1.29, 1.82) is 5.26 Å². The van der Waals surface area contributed by atoms with Crippen molar-refractivity contribution in [3.05, 3.63) is 103 Å². The molecule has 1 N–H and O–H groups in total. The minimum atomic E-state index is -0.591. The van der Waals surface area contributed by atoms with E-state index in [0.717, 1.165) is 14.5 Å². The number of benzene rings is 3. The Hall–Kier alpha value is -2.57. The Morgan fingerprint density at radius 1 is 1.00 bits per heavy atom. The topological polar surface area (TPSA) is 73.2 Å². The van der Waals surface area contributed by atoms with Gasteiger partial charge in [0.15, 0.2) is 0 Å². The average molecular weight is 618 g/mol. The molecule has 1 saturated heterocycles. The van der Waals surface area contributed by atoms with Crippen LogP contribution in [0.3, 0.4) is 0 Å². The van der Waals surface area contributed by atoms with Crippen molar-refractivity contribution in [2.75, 3.05) is 10.2 Å². The third-order valence-corrected chi connectivity index (χ3v) is 7.60. The zero-order chi connectivity index (χ0) is 24.2. The third-order valence-electron chi connectivity index (χ3n) is 5.03. The van der Waals surface area contributed by atoms with Crippen LogP contribution < -0.4 is 10.2 Å². The molecule has 1 fully saturated rings. The molecule has 0 spiro atoms. The Kier molecular flexibility index (Phi) is 7.79. The van der Waals surface area contributed by atoms with Crippen molar-refractivity contribution in [3.63, 3.8) is 0 Å². The Labute approximate surface area is 223 Å². The number of amides is 2. The van der Waals surface area contributed by atoms with Gasteiger partial charge in [0.1, 0.15) is 16.7 Å². The maximum absolute atomic E-state index is 13.5. The minimum absolute atomic E-state index is 0.130. The number of nitriles is 1. The molecule has 1 aliphatic heterocycles. The van der Waals surface area contributed by atoms with Gasteiger partial charge in [-0.15, -0.1) is 0 Å². The fourth-order valence-corrected chi connectivity index (χ4v) is 5.34. The molecule has 0 saturated carbocycles. The molecule has 0 aliphatic carbocycles. The predicted molar refractivity (Wildman–Crippen MR) is 144 cm³/mol. The summed E-state index contributed by atoms with van der Waals surface area (Å²) in [5, 5.41) is 13.0. The van der Waals surface area contributed by atoms with Crippen molar-refractivity contribution in [1.82, 2.24) is 0 Å². The molecule has 1 aliphatic rings. The van der Waals surface area contributed by atoms with Crippen LogP contribution in [0.25, 0.3) is 0 Å². The molecule has 0 aromatic heterocycles. The lowest BCUT2D eigenvalue weighted by molar-refractivity contribution is -0.117. The molecular formula is C25H16Br2ClN3O2S. The van der Waals surface area contributed by atoms with Crippen molar-refractivity contribution in [2.24, 2.45) is 0 Å². The van der Waals surface area contributed by atoms with Crippen LogP contribution in [0.1, 0.15) is 5.56 Å². The van der Waals surface area contributed by atoms with Crippen LogP contribution in [0.2, 0.25) is 5.02 Å². The highest BCUT2D eigenvalue weighted by Gasteiger charge is 2.40. The number of halogens is 3. The van der Waals surface area contributed by atoms with Gasteiger partial charge in [0.2, 0.25) is 5.91 Å². The molecule has 0 radical (unpaired) electrons. The van der Waals surface area contributed by atoms with Gasteiger partial charge >= 0.3 is 0 Å². The number of hydrogen-bond acceptors (Lipinski definition) is 4. The third kappa shape index (κ3) is 5.56. The lowest BCUT2D eigenvalue weighted by Crippen LogP contribution is -2.30. The van der Waals surface area contributed by atoms with Crippen LogP contribution >= 0.6 is 55.2 Å². The highest BCUT2D eigenvalue weighted by molar-refractivity contribution is 9.10. The predicted octanol–water partition coefficient (Wildman–Crippen LogP) is 6.93. The second-order valence-corrected chi connectivity index (χ2v) is 10.8. The van der Waals surface area contributed by atoms with E-state index in [1.165, 1.54) is 16.7 Å². The maximum atomic E-state index is 13.5.